The van der Waals surface area contributed by atoms with Gasteiger partial charge in [-0.05, 0) is 60.9 Å². The maximum absolute atomic E-state index is 13.9. The zero-order valence-corrected chi connectivity index (χ0v) is 16.9. The van der Waals surface area contributed by atoms with Crippen LogP contribution in [0, 0.1) is 5.92 Å². The van der Waals surface area contributed by atoms with Crippen LogP contribution in [0.15, 0.2) is 54.6 Å². The molecule has 0 aromatic heterocycles. The molecule has 0 amide bonds. The number of hydrogen-bond acceptors (Lipinski definition) is 3. The van der Waals surface area contributed by atoms with Gasteiger partial charge in [0, 0.05) is 5.41 Å². The highest BCUT2D eigenvalue weighted by Crippen LogP contribution is 2.61. The van der Waals surface area contributed by atoms with Crippen LogP contribution in [0.25, 0.3) is 5.57 Å². The number of aliphatic hydroxyl groups is 2. The topological polar surface area (TPSA) is 60.7 Å². The summed E-state index contributed by atoms with van der Waals surface area (Å²) in [6, 6.07) is 12.7. The minimum atomic E-state index is -4.60. The van der Waals surface area contributed by atoms with Crippen LogP contribution in [-0.4, -0.2) is 27.1 Å². The van der Waals surface area contributed by atoms with E-state index in [0.29, 0.717) is 17.5 Å². The summed E-state index contributed by atoms with van der Waals surface area (Å²) < 4.78 is 41.8. The van der Waals surface area contributed by atoms with Gasteiger partial charge in [0.1, 0.15) is 11.4 Å². The second-order valence-electron chi connectivity index (χ2n) is 8.81. The lowest BCUT2D eigenvalue weighted by molar-refractivity contribution is -0.198. The largest absolute Gasteiger partial charge is 0.508 e. The summed E-state index contributed by atoms with van der Waals surface area (Å²) in [4.78, 5) is 0. The molecule has 160 valence electrons. The van der Waals surface area contributed by atoms with Gasteiger partial charge in [0.15, 0.2) is 0 Å². The van der Waals surface area contributed by atoms with Crippen molar-refractivity contribution in [2.24, 2.45) is 5.92 Å². The van der Waals surface area contributed by atoms with E-state index in [4.69, 9.17) is 0 Å². The van der Waals surface area contributed by atoms with Crippen LogP contribution in [-0.2, 0) is 11.0 Å². The molecule has 0 bridgehead atoms. The third kappa shape index (κ3) is 2.88. The van der Waals surface area contributed by atoms with E-state index in [2.05, 4.69) is 0 Å². The minimum absolute atomic E-state index is 0.0439. The van der Waals surface area contributed by atoms with E-state index in [1.54, 1.807) is 37.3 Å². The summed E-state index contributed by atoms with van der Waals surface area (Å²) in [7, 11) is 0. The first-order valence-corrected chi connectivity index (χ1v) is 10.1. The fourth-order valence-corrected chi connectivity index (χ4v) is 5.59. The van der Waals surface area contributed by atoms with E-state index in [0.717, 1.165) is 6.07 Å². The van der Waals surface area contributed by atoms with E-state index in [9.17, 15) is 28.5 Å². The first-order chi connectivity index (χ1) is 13.9. The number of hydrogen-bond donors (Lipinski definition) is 3. The number of halogens is 3. The van der Waals surface area contributed by atoms with E-state index in [1.807, 2.05) is 6.92 Å². The molecule has 6 heteroatoms. The van der Waals surface area contributed by atoms with Crippen molar-refractivity contribution in [3.05, 3.63) is 71.3 Å². The van der Waals surface area contributed by atoms with Crippen molar-refractivity contribution in [1.29, 1.82) is 0 Å². The Morgan fingerprint density at radius 2 is 1.73 bits per heavy atom. The van der Waals surface area contributed by atoms with Crippen LogP contribution < -0.4 is 0 Å². The molecule has 0 aliphatic heterocycles. The van der Waals surface area contributed by atoms with Crippen LogP contribution in [0.5, 0.6) is 5.75 Å². The molecule has 1 fully saturated rings. The van der Waals surface area contributed by atoms with Crippen LogP contribution in [0.1, 0.15) is 49.8 Å². The normalized spacial score (nSPS) is 33.4. The molecule has 3 N–H and O–H groups in total. The first kappa shape index (κ1) is 20.9. The molecule has 2 aromatic carbocycles. The summed E-state index contributed by atoms with van der Waals surface area (Å²) in [5, 5.41) is 32.9. The fourth-order valence-electron chi connectivity index (χ4n) is 5.59. The van der Waals surface area contributed by atoms with Gasteiger partial charge in [-0.15, -0.1) is 0 Å². The second kappa shape index (κ2) is 6.59. The summed E-state index contributed by atoms with van der Waals surface area (Å²) in [6.07, 6.45) is -2.89. The summed E-state index contributed by atoms with van der Waals surface area (Å²) >= 11 is 0. The Kier molecular flexibility index (Phi) is 4.60. The van der Waals surface area contributed by atoms with Crippen LogP contribution in [0.2, 0.25) is 0 Å². The maximum Gasteiger partial charge on any atom is 0.416 e. The van der Waals surface area contributed by atoms with Gasteiger partial charge >= 0.3 is 6.18 Å². The molecule has 2 aromatic rings. The molecular weight excluding hydrogens is 393 g/mol. The van der Waals surface area contributed by atoms with E-state index >= 15 is 0 Å². The molecule has 0 heterocycles. The third-order valence-corrected chi connectivity index (χ3v) is 7.16. The predicted molar refractivity (Wildman–Crippen MR) is 108 cm³/mol. The maximum atomic E-state index is 13.9. The van der Waals surface area contributed by atoms with Crippen molar-refractivity contribution in [2.75, 3.05) is 0 Å². The number of alkyl halides is 3. The summed E-state index contributed by atoms with van der Waals surface area (Å²) in [5.41, 5.74) is -3.97. The van der Waals surface area contributed by atoms with Gasteiger partial charge in [0.2, 0.25) is 0 Å². The number of phenolic OH excluding ortho intramolecular Hbond substituents is 1. The van der Waals surface area contributed by atoms with Crippen molar-refractivity contribution in [3.8, 4) is 5.75 Å². The van der Waals surface area contributed by atoms with Gasteiger partial charge in [-0.2, -0.15) is 13.2 Å². The van der Waals surface area contributed by atoms with Crippen molar-refractivity contribution < 1.29 is 28.5 Å². The van der Waals surface area contributed by atoms with Crippen molar-refractivity contribution in [2.45, 2.75) is 55.9 Å². The molecule has 4 atom stereocenters. The van der Waals surface area contributed by atoms with Gasteiger partial charge < -0.3 is 15.3 Å². The highest BCUT2D eigenvalue weighted by atomic mass is 19.4. The third-order valence-electron chi connectivity index (χ3n) is 7.16. The quantitative estimate of drug-likeness (QED) is 0.640. The highest BCUT2D eigenvalue weighted by Gasteiger charge is 2.61. The van der Waals surface area contributed by atoms with Crippen LogP contribution in [0.3, 0.4) is 0 Å². The average Bonchev–Trinajstić information content (AvgIpc) is 2.68. The molecule has 0 saturated heterocycles. The number of fused-ring (bicyclic) bond motifs is 3. The first-order valence-electron chi connectivity index (χ1n) is 10.1. The Balaban J connectivity index is 1.95. The van der Waals surface area contributed by atoms with Crippen LogP contribution >= 0.6 is 0 Å². The Morgan fingerprint density at radius 3 is 2.33 bits per heavy atom. The highest BCUT2D eigenvalue weighted by molar-refractivity contribution is 5.77. The van der Waals surface area contributed by atoms with Gasteiger partial charge in [0.05, 0.1) is 11.2 Å². The predicted octanol–water partition coefficient (Wildman–Crippen LogP) is 5.05. The fraction of sp³-hybridized carbons (Fsp3) is 0.417. The Hall–Kier alpha value is -2.31. The molecule has 0 radical (unpaired) electrons. The molecule has 4 rings (SSSR count). The molecule has 3 nitrogen and oxygen atoms in total. The van der Waals surface area contributed by atoms with Gasteiger partial charge in [-0.25, -0.2) is 0 Å². The zero-order valence-electron chi connectivity index (χ0n) is 16.9. The monoisotopic (exact) mass is 418 g/mol. The Labute approximate surface area is 173 Å². The SMILES string of the molecule is CCC12CC(C)(O)C(O)(c3ccccc3)CC1C=C(C(F)(F)F)c1cc(O)ccc12. The number of rotatable bonds is 2. The molecule has 4 unspecified atom stereocenters. The molecule has 30 heavy (non-hydrogen) atoms. The number of phenols is 1. The smallest absolute Gasteiger partial charge is 0.416 e. The van der Waals surface area contributed by atoms with E-state index in [1.165, 1.54) is 18.2 Å². The molecular formula is C24H25F3O3. The molecule has 2 aliphatic rings. The van der Waals surface area contributed by atoms with Crippen molar-refractivity contribution >= 4 is 5.57 Å². The van der Waals surface area contributed by atoms with Crippen molar-refractivity contribution in [1.82, 2.24) is 0 Å². The molecule has 1 saturated carbocycles. The standard InChI is InChI=1S/C24H25F3O3/c1-3-22-14-21(2,29)23(30,15-7-5-4-6-8-15)13-16(22)11-20(24(25,26)27)18-12-17(28)9-10-19(18)22/h4-12,16,28-30H,3,13-14H2,1-2H3. The van der Waals surface area contributed by atoms with E-state index in [-0.39, 0.29) is 24.2 Å². The van der Waals surface area contributed by atoms with Crippen LogP contribution in [0.4, 0.5) is 13.2 Å². The number of benzene rings is 2. The lowest BCUT2D eigenvalue weighted by Crippen LogP contribution is -2.61. The van der Waals surface area contributed by atoms with Gasteiger partial charge in [-0.1, -0.05) is 49.4 Å². The Morgan fingerprint density at radius 1 is 1.07 bits per heavy atom. The number of allylic oxidation sites excluding steroid dienone is 2. The lowest BCUT2D eigenvalue weighted by Gasteiger charge is -2.58. The van der Waals surface area contributed by atoms with E-state index < -0.39 is 34.3 Å². The Bertz CT molecular complexity index is 997. The number of aromatic hydroxyl groups is 1. The minimum Gasteiger partial charge on any atom is -0.508 e. The van der Waals surface area contributed by atoms with Gasteiger partial charge in [0.25, 0.3) is 0 Å². The molecule has 2 aliphatic carbocycles. The zero-order chi connectivity index (χ0) is 21.9. The summed E-state index contributed by atoms with van der Waals surface area (Å²) in [6.45, 7) is 3.44. The van der Waals surface area contributed by atoms with Crippen molar-refractivity contribution in [3.63, 3.8) is 0 Å². The lowest BCUT2D eigenvalue weighted by atomic mass is 9.49. The molecule has 0 spiro atoms. The van der Waals surface area contributed by atoms with Gasteiger partial charge in [-0.3, -0.25) is 0 Å². The second-order valence-corrected chi connectivity index (χ2v) is 8.81. The summed E-state index contributed by atoms with van der Waals surface area (Å²) in [5.74, 6) is -0.876. The average molecular weight is 418 g/mol.